The number of thiophene rings is 1. The first-order chi connectivity index (χ1) is 8.43. The Kier molecular flexibility index (Phi) is 2.71. The number of ether oxygens (including phenoxy) is 1. The minimum Gasteiger partial charge on any atom is -0.484 e. The molecule has 0 amide bonds. The predicted octanol–water partition coefficient (Wildman–Crippen LogP) is 3.27. The summed E-state index contributed by atoms with van der Waals surface area (Å²) in [4.78, 5) is 8.25. The Labute approximate surface area is 103 Å². The van der Waals surface area contributed by atoms with E-state index < -0.39 is 0 Å². The van der Waals surface area contributed by atoms with Gasteiger partial charge in [-0.15, -0.1) is 11.3 Å². The van der Waals surface area contributed by atoms with Gasteiger partial charge in [0.05, 0.1) is 0 Å². The van der Waals surface area contributed by atoms with Crippen molar-refractivity contribution in [2.24, 2.45) is 0 Å². The first-order valence-corrected chi connectivity index (χ1v) is 6.16. The fraction of sp³-hybridized carbons (Fsp3) is 0.0769. The topological polar surface area (TPSA) is 35.0 Å². The first kappa shape index (κ1) is 10.2. The van der Waals surface area contributed by atoms with Crippen molar-refractivity contribution in [2.45, 2.75) is 6.61 Å². The molecular formula is C13H10N2OS. The lowest BCUT2D eigenvalue weighted by Gasteiger charge is -2.03. The van der Waals surface area contributed by atoms with E-state index in [0.29, 0.717) is 12.4 Å². The van der Waals surface area contributed by atoms with Gasteiger partial charge in [0.25, 0.3) is 0 Å². The lowest BCUT2D eigenvalue weighted by Crippen LogP contribution is -1.99. The van der Waals surface area contributed by atoms with E-state index in [4.69, 9.17) is 4.74 Å². The van der Waals surface area contributed by atoms with Crippen LogP contribution in [0.4, 0.5) is 0 Å². The molecule has 0 N–H and O–H groups in total. The van der Waals surface area contributed by atoms with Crippen LogP contribution in [0.25, 0.3) is 10.1 Å². The summed E-state index contributed by atoms with van der Waals surface area (Å²) in [5.74, 6) is 1.60. The van der Waals surface area contributed by atoms with Crippen LogP contribution in [0.15, 0.2) is 48.1 Å². The highest BCUT2D eigenvalue weighted by Gasteiger charge is 2.04. The molecule has 0 unspecified atom stereocenters. The number of rotatable bonds is 3. The third-order valence-electron chi connectivity index (χ3n) is 2.42. The Bertz CT molecular complexity index is 621. The van der Waals surface area contributed by atoms with Crippen molar-refractivity contribution in [3.05, 3.63) is 53.9 Å². The molecule has 0 radical (unpaired) electrons. The Balaban J connectivity index is 1.82. The molecule has 3 rings (SSSR count). The van der Waals surface area contributed by atoms with E-state index >= 15 is 0 Å². The quantitative estimate of drug-likeness (QED) is 0.707. The van der Waals surface area contributed by atoms with Crippen LogP contribution in [0.1, 0.15) is 5.82 Å². The second-order valence-corrected chi connectivity index (χ2v) is 4.46. The summed E-state index contributed by atoms with van der Waals surface area (Å²) in [6.07, 6.45) is 3.44. The summed E-state index contributed by atoms with van der Waals surface area (Å²) in [6.45, 7) is 0.404. The van der Waals surface area contributed by atoms with Crippen LogP contribution in [0.2, 0.25) is 0 Å². The number of nitrogens with zero attached hydrogens (tertiary/aromatic N) is 2. The molecule has 2 aromatic heterocycles. The molecular weight excluding hydrogens is 232 g/mol. The van der Waals surface area contributed by atoms with Gasteiger partial charge in [-0.1, -0.05) is 12.1 Å². The average molecular weight is 242 g/mol. The lowest BCUT2D eigenvalue weighted by atomic mass is 10.2. The zero-order valence-corrected chi connectivity index (χ0v) is 9.85. The van der Waals surface area contributed by atoms with Crippen molar-refractivity contribution >= 4 is 21.4 Å². The van der Waals surface area contributed by atoms with E-state index in [1.165, 1.54) is 4.70 Å². The van der Waals surface area contributed by atoms with Crippen LogP contribution in [0.5, 0.6) is 5.75 Å². The lowest BCUT2D eigenvalue weighted by molar-refractivity contribution is 0.300. The van der Waals surface area contributed by atoms with Crippen molar-refractivity contribution < 1.29 is 4.74 Å². The molecule has 3 nitrogen and oxygen atoms in total. The van der Waals surface area contributed by atoms with Crippen LogP contribution >= 0.6 is 11.3 Å². The maximum Gasteiger partial charge on any atom is 0.166 e. The van der Waals surface area contributed by atoms with Gasteiger partial charge >= 0.3 is 0 Å². The van der Waals surface area contributed by atoms with Gasteiger partial charge in [0.1, 0.15) is 12.4 Å². The zero-order valence-electron chi connectivity index (χ0n) is 9.04. The summed E-state index contributed by atoms with van der Waals surface area (Å²) in [6, 6.07) is 9.99. The summed E-state index contributed by atoms with van der Waals surface area (Å²) >= 11 is 1.68. The van der Waals surface area contributed by atoms with Crippen molar-refractivity contribution in [2.75, 3.05) is 0 Å². The van der Waals surface area contributed by atoms with E-state index in [-0.39, 0.29) is 0 Å². The van der Waals surface area contributed by atoms with Crippen LogP contribution in [-0.2, 0) is 6.61 Å². The van der Waals surface area contributed by atoms with E-state index in [0.717, 1.165) is 11.1 Å². The second-order valence-electron chi connectivity index (χ2n) is 3.55. The summed E-state index contributed by atoms with van der Waals surface area (Å²) in [7, 11) is 0. The molecule has 84 valence electrons. The highest BCUT2D eigenvalue weighted by Crippen LogP contribution is 2.32. The molecule has 0 bridgehead atoms. The third kappa shape index (κ3) is 2.12. The molecule has 0 aliphatic rings. The number of aromatic nitrogens is 2. The fourth-order valence-corrected chi connectivity index (χ4v) is 2.49. The molecule has 0 saturated carbocycles. The van der Waals surface area contributed by atoms with Crippen LogP contribution < -0.4 is 4.74 Å². The summed E-state index contributed by atoms with van der Waals surface area (Å²) in [5, 5.41) is 3.17. The molecule has 2 heterocycles. The fourth-order valence-electron chi connectivity index (χ4n) is 1.61. The van der Waals surface area contributed by atoms with E-state index in [2.05, 4.69) is 22.1 Å². The monoisotopic (exact) mass is 242 g/mol. The van der Waals surface area contributed by atoms with Crippen LogP contribution in [0.3, 0.4) is 0 Å². The Hall–Kier alpha value is -1.94. The SMILES string of the molecule is c1cnc(COc2csc3ccccc23)nc1. The Morgan fingerprint density at radius 2 is 1.88 bits per heavy atom. The van der Waals surface area contributed by atoms with Gasteiger partial charge in [0, 0.05) is 27.9 Å². The number of fused-ring (bicyclic) bond motifs is 1. The Morgan fingerprint density at radius 1 is 1.06 bits per heavy atom. The highest BCUT2D eigenvalue weighted by atomic mass is 32.1. The third-order valence-corrected chi connectivity index (χ3v) is 3.36. The number of hydrogen-bond donors (Lipinski definition) is 0. The van der Waals surface area contributed by atoms with Gasteiger partial charge in [-0.25, -0.2) is 9.97 Å². The maximum atomic E-state index is 5.73. The average Bonchev–Trinajstić information content (AvgIpc) is 2.81. The zero-order chi connectivity index (χ0) is 11.5. The minimum atomic E-state index is 0.404. The van der Waals surface area contributed by atoms with Gasteiger partial charge in [0.2, 0.25) is 0 Å². The second kappa shape index (κ2) is 4.51. The molecule has 0 aliphatic carbocycles. The van der Waals surface area contributed by atoms with E-state index in [9.17, 15) is 0 Å². The van der Waals surface area contributed by atoms with Gasteiger partial charge in [0.15, 0.2) is 5.82 Å². The number of hydrogen-bond acceptors (Lipinski definition) is 4. The largest absolute Gasteiger partial charge is 0.484 e. The van der Waals surface area contributed by atoms with Crippen LogP contribution in [0, 0.1) is 0 Å². The smallest absolute Gasteiger partial charge is 0.166 e. The standard InChI is InChI=1S/C13H10N2OS/c1-2-5-12-10(4-1)11(9-17-12)16-8-13-14-6-3-7-15-13/h1-7,9H,8H2. The molecule has 0 aliphatic heterocycles. The normalized spacial score (nSPS) is 10.6. The summed E-state index contributed by atoms with van der Waals surface area (Å²) < 4.78 is 6.96. The minimum absolute atomic E-state index is 0.404. The summed E-state index contributed by atoms with van der Waals surface area (Å²) in [5.41, 5.74) is 0. The molecule has 1 aromatic carbocycles. The van der Waals surface area contributed by atoms with Gasteiger partial charge in [-0.2, -0.15) is 0 Å². The number of benzene rings is 1. The first-order valence-electron chi connectivity index (χ1n) is 5.28. The van der Waals surface area contributed by atoms with Gasteiger partial charge in [-0.05, 0) is 18.2 Å². The molecule has 0 spiro atoms. The van der Waals surface area contributed by atoms with E-state index in [1.54, 1.807) is 29.8 Å². The van der Waals surface area contributed by atoms with E-state index in [1.807, 2.05) is 17.5 Å². The van der Waals surface area contributed by atoms with Gasteiger partial charge in [-0.3, -0.25) is 0 Å². The molecule has 4 heteroatoms. The molecule has 3 aromatic rings. The van der Waals surface area contributed by atoms with Crippen LogP contribution in [-0.4, -0.2) is 9.97 Å². The predicted molar refractivity (Wildman–Crippen MR) is 68.2 cm³/mol. The molecule has 0 saturated heterocycles. The van der Waals surface area contributed by atoms with Crippen molar-refractivity contribution in [1.82, 2.24) is 9.97 Å². The van der Waals surface area contributed by atoms with Crippen molar-refractivity contribution in [3.63, 3.8) is 0 Å². The Morgan fingerprint density at radius 3 is 2.76 bits per heavy atom. The van der Waals surface area contributed by atoms with Gasteiger partial charge < -0.3 is 4.74 Å². The molecule has 17 heavy (non-hydrogen) atoms. The molecule has 0 fully saturated rings. The maximum absolute atomic E-state index is 5.73. The highest BCUT2D eigenvalue weighted by molar-refractivity contribution is 7.17. The molecule has 0 atom stereocenters. The van der Waals surface area contributed by atoms with Crippen molar-refractivity contribution in [1.29, 1.82) is 0 Å². The van der Waals surface area contributed by atoms with Crippen molar-refractivity contribution in [3.8, 4) is 5.75 Å².